The highest BCUT2D eigenvalue weighted by Gasteiger charge is 2.35. The van der Waals surface area contributed by atoms with Gasteiger partial charge in [-0.1, -0.05) is 42.0 Å². The Kier molecular flexibility index (Phi) is 6.65. The van der Waals surface area contributed by atoms with Crippen LogP contribution in [0.5, 0.6) is 5.75 Å². The largest absolute Gasteiger partial charge is 0.489 e. The van der Waals surface area contributed by atoms with E-state index in [1.165, 1.54) is 24.8 Å². The molecule has 1 aliphatic rings. The van der Waals surface area contributed by atoms with Gasteiger partial charge < -0.3 is 13.9 Å². The van der Waals surface area contributed by atoms with E-state index in [-0.39, 0.29) is 12.3 Å². The van der Waals surface area contributed by atoms with Gasteiger partial charge in [-0.25, -0.2) is 4.79 Å². The van der Waals surface area contributed by atoms with Crippen molar-refractivity contribution in [2.24, 2.45) is 0 Å². The van der Waals surface area contributed by atoms with Crippen LogP contribution < -0.4 is 4.74 Å². The van der Waals surface area contributed by atoms with Gasteiger partial charge in [0.2, 0.25) is 5.76 Å². The Bertz CT molecular complexity index is 1210. The predicted molar refractivity (Wildman–Crippen MR) is 124 cm³/mol. The van der Waals surface area contributed by atoms with E-state index in [0.29, 0.717) is 23.0 Å². The molecule has 2 amide bonds. The van der Waals surface area contributed by atoms with Gasteiger partial charge in [0.05, 0.1) is 18.6 Å². The summed E-state index contributed by atoms with van der Waals surface area (Å²) in [6, 6.07) is 18.4. The fourth-order valence-electron chi connectivity index (χ4n) is 3.13. The molecule has 0 atom stereocenters. The number of aryl methyl sites for hydroxylation is 1. The number of benzene rings is 2. The van der Waals surface area contributed by atoms with Gasteiger partial charge in [-0.2, -0.15) is 0 Å². The van der Waals surface area contributed by atoms with Crippen LogP contribution in [-0.4, -0.2) is 29.1 Å². The fourth-order valence-corrected chi connectivity index (χ4v) is 3.97. The summed E-state index contributed by atoms with van der Waals surface area (Å²) in [5.41, 5.74) is 3.05. The number of carbonyl (C=O) groups excluding carboxylic acids is 3. The van der Waals surface area contributed by atoms with Crippen molar-refractivity contribution in [3.63, 3.8) is 0 Å². The number of amides is 2. The van der Waals surface area contributed by atoms with Gasteiger partial charge in [0.15, 0.2) is 0 Å². The Hall–Kier alpha value is -3.78. The molecule has 2 aromatic carbocycles. The summed E-state index contributed by atoms with van der Waals surface area (Å²) < 4.78 is 15.8. The quantitative estimate of drug-likeness (QED) is 0.352. The molecule has 1 aromatic heterocycles. The van der Waals surface area contributed by atoms with E-state index < -0.39 is 17.1 Å². The van der Waals surface area contributed by atoms with Crippen LogP contribution in [0.1, 0.15) is 33.0 Å². The van der Waals surface area contributed by atoms with Gasteiger partial charge >= 0.3 is 5.97 Å². The van der Waals surface area contributed by atoms with Gasteiger partial charge in [-0.3, -0.25) is 14.5 Å². The van der Waals surface area contributed by atoms with Gasteiger partial charge in [-0.15, -0.1) is 0 Å². The lowest BCUT2D eigenvalue weighted by Crippen LogP contribution is -2.27. The molecular weight excluding hydrogens is 442 g/mol. The third-order valence-electron chi connectivity index (χ3n) is 4.94. The average Bonchev–Trinajstić information content (AvgIpc) is 3.39. The van der Waals surface area contributed by atoms with E-state index in [1.54, 1.807) is 6.08 Å². The molecule has 2 heterocycles. The number of imide groups is 1. The van der Waals surface area contributed by atoms with Gasteiger partial charge in [-0.05, 0) is 60.2 Å². The second-order valence-electron chi connectivity index (χ2n) is 7.37. The molecule has 0 saturated carbocycles. The minimum absolute atomic E-state index is 0.0136. The maximum Gasteiger partial charge on any atom is 0.373 e. The van der Waals surface area contributed by atoms with Crippen LogP contribution in [0.2, 0.25) is 0 Å². The standard InChI is InChI=1S/C25H21NO6S/c1-16-3-5-18(6-4-16)15-31-19-9-7-17(8-10-19)13-22-23(27)26(25(29)33-22)14-20-11-12-21(32-20)24(28)30-2/h3-13H,14-15H2,1-2H3. The zero-order valence-corrected chi connectivity index (χ0v) is 18.9. The number of hydrogen-bond donors (Lipinski definition) is 0. The molecule has 7 nitrogen and oxygen atoms in total. The topological polar surface area (TPSA) is 86.0 Å². The first-order valence-electron chi connectivity index (χ1n) is 10.1. The Morgan fingerprint density at radius 1 is 1.03 bits per heavy atom. The normalized spacial score (nSPS) is 14.7. The van der Waals surface area contributed by atoms with Crippen LogP contribution in [0.4, 0.5) is 4.79 Å². The summed E-state index contributed by atoms with van der Waals surface area (Å²) in [5, 5.41) is -0.402. The van der Waals surface area contributed by atoms with Crippen molar-refractivity contribution in [3.05, 3.63) is 93.8 Å². The summed E-state index contributed by atoms with van der Waals surface area (Å²) in [6.45, 7) is 2.43. The van der Waals surface area contributed by atoms with Crippen molar-refractivity contribution in [3.8, 4) is 5.75 Å². The molecule has 1 aliphatic heterocycles. The third-order valence-corrected chi connectivity index (χ3v) is 5.85. The lowest BCUT2D eigenvalue weighted by atomic mass is 10.1. The molecular formula is C25H21NO6S. The molecule has 33 heavy (non-hydrogen) atoms. The van der Waals surface area contributed by atoms with E-state index in [9.17, 15) is 14.4 Å². The maximum absolute atomic E-state index is 12.7. The number of thioether (sulfide) groups is 1. The minimum Gasteiger partial charge on any atom is -0.489 e. The molecule has 1 saturated heterocycles. The predicted octanol–water partition coefficient (Wildman–Crippen LogP) is 5.19. The van der Waals surface area contributed by atoms with E-state index in [4.69, 9.17) is 9.15 Å². The number of carbonyl (C=O) groups is 3. The highest BCUT2D eigenvalue weighted by molar-refractivity contribution is 8.18. The first-order valence-corrected chi connectivity index (χ1v) is 11.0. The number of esters is 1. The zero-order chi connectivity index (χ0) is 23.4. The molecule has 0 bridgehead atoms. The van der Waals surface area contributed by atoms with Crippen molar-refractivity contribution in [1.82, 2.24) is 4.90 Å². The molecule has 0 aliphatic carbocycles. The Labute approximate surface area is 195 Å². The van der Waals surface area contributed by atoms with Crippen molar-refractivity contribution in [2.75, 3.05) is 7.11 Å². The van der Waals surface area contributed by atoms with E-state index in [0.717, 1.165) is 27.8 Å². The molecule has 1 fully saturated rings. The molecule has 168 valence electrons. The van der Waals surface area contributed by atoms with Crippen molar-refractivity contribution in [2.45, 2.75) is 20.1 Å². The number of rotatable bonds is 7. The summed E-state index contributed by atoms with van der Waals surface area (Å²) in [6.07, 6.45) is 1.66. The molecule has 0 unspecified atom stereocenters. The summed E-state index contributed by atoms with van der Waals surface area (Å²) in [5.74, 6) is -0.00363. The maximum atomic E-state index is 12.7. The van der Waals surface area contributed by atoms with Crippen molar-refractivity contribution in [1.29, 1.82) is 0 Å². The fraction of sp³-hybridized carbons (Fsp3) is 0.160. The highest BCUT2D eigenvalue weighted by Crippen LogP contribution is 2.33. The van der Waals surface area contributed by atoms with E-state index in [1.807, 2.05) is 55.5 Å². The lowest BCUT2D eigenvalue weighted by Gasteiger charge is -2.10. The molecule has 4 rings (SSSR count). The number of methoxy groups -OCH3 is 1. The Morgan fingerprint density at radius 3 is 2.45 bits per heavy atom. The smallest absolute Gasteiger partial charge is 0.373 e. The molecule has 3 aromatic rings. The summed E-state index contributed by atoms with van der Waals surface area (Å²) in [4.78, 5) is 38.0. The second kappa shape index (κ2) is 9.79. The van der Waals surface area contributed by atoms with Gasteiger partial charge in [0.1, 0.15) is 18.1 Å². The van der Waals surface area contributed by atoms with Crippen LogP contribution >= 0.6 is 11.8 Å². The second-order valence-corrected chi connectivity index (χ2v) is 8.36. The van der Waals surface area contributed by atoms with E-state index >= 15 is 0 Å². The average molecular weight is 464 g/mol. The molecule has 0 radical (unpaired) electrons. The van der Waals surface area contributed by atoms with Crippen LogP contribution in [0.25, 0.3) is 6.08 Å². The van der Waals surface area contributed by atoms with Crippen molar-refractivity contribution >= 4 is 35.0 Å². The zero-order valence-electron chi connectivity index (χ0n) is 18.1. The minimum atomic E-state index is -0.624. The SMILES string of the molecule is COC(=O)c1ccc(CN2C(=O)SC(=Cc3ccc(OCc4ccc(C)cc4)cc3)C2=O)o1. The highest BCUT2D eigenvalue weighted by atomic mass is 32.2. The van der Waals surface area contributed by atoms with Crippen LogP contribution in [0.3, 0.4) is 0 Å². The number of nitrogens with zero attached hydrogens (tertiary/aromatic N) is 1. The number of furan rings is 1. The number of hydrogen-bond acceptors (Lipinski definition) is 7. The van der Waals surface area contributed by atoms with Gasteiger partial charge in [0.25, 0.3) is 11.1 Å². The Morgan fingerprint density at radius 2 is 1.76 bits per heavy atom. The van der Waals surface area contributed by atoms with Gasteiger partial charge in [0, 0.05) is 0 Å². The summed E-state index contributed by atoms with van der Waals surface area (Å²) >= 11 is 0.860. The van der Waals surface area contributed by atoms with Crippen LogP contribution in [-0.2, 0) is 22.7 Å². The number of ether oxygens (including phenoxy) is 2. The first-order chi connectivity index (χ1) is 15.9. The van der Waals surface area contributed by atoms with Crippen LogP contribution in [0.15, 0.2) is 70.0 Å². The summed E-state index contributed by atoms with van der Waals surface area (Å²) in [7, 11) is 1.24. The molecule has 0 N–H and O–H groups in total. The monoisotopic (exact) mass is 463 g/mol. The lowest BCUT2D eigenvalue weighted by molar-refractivity contribution is -0.123. The third kappa shape index (κ3) is 5.35. The first kappa shape index (κ1) is 22.4. The van der Waals surface area contributed by atoms with Crippen LogP contribution in [0, 0.1) is 6.92 Å². The van der Waals surface area contributed by atoms with E-state index in [2.05, 4.69) is 4.74 Å². The Balaban J connectivity index is 1.39. The molecule has 0 spiro atoms. The van der Waals surface area contributed by atoms with Crippen molar-refractivity contribution < 1.29 is 28.3 Å². The molecule has 8 heteroatoms.